The number of carbonyl (C=O) groups excluding carboxylic acids is 1. The van der Waals surface area contributed by atoms with Crippen LogP contribution in [0.3, 0.4) is 0 Å². The fourth-order valence-electron chi connectivity index (χ4n) is 2.97. The number of hydrogen-bond donors (Lipinski definition) is 2. The van der Waals surface area contributed by atoms with Gasteiger partial charge in [0.15, 0.2) is 17.8 Å². The van der Waals surface area contributed by atoms with Crippen molar-refractivity contribution in [3.8, 4) is 11.3 Å². The molecule has 1 atom stereocenters. The van der Waals surface area contributed by atoms with Crippen LogP contribution in [0.1, 0.15) is 40.0 Å². The highest BCUT2D eigenvalue weighted by Crippen LogP contribution is 2.26. The number of amides is 1. The second-order valence-electron chi connectivity index (χ2n) is 5.94. The maximum absolute atomic E-state index is 12.5. The Morgan fingerprint density at radius 3 is 3.04 bits per heavy atom. The number of nitrogens with zero attached hydrogens (tertiary/aromatic N) is 2. The molecule has 0 spiro atoms. The summed E-state index contributed by atoms with van der Waals surface area (Å²) in [5.74, 6) is 0.413. The van der Waals surface area contributed by atoms with Crippen LogP contribution in [0, 0.1) is 0 Å². The smallest absolute Gasteiger partial charge is 0.273 e. The molecule has 1 aliphatic heterocycles. The number of rotatable bonds is 5. The van der Waals surface area contributed by atoms with Crippen LogP contribution in [0.25, 0.3) is 11.3 Å². The third-order valence-electron chi connectivity index (χ3n) is 4.24. The van der Waals surface area contributed by atoms with E-state index in [0.717, 1.165) is 35.5 Å². The molecular formula is C18H18N4O2S. The van der Waals surface area contributed by atoms with Gasteiger partial charge in [0.05, 0.1) is 18.3 Å². The monoisotopic (exact) mass is 354 g/mol. The molecule has 0 radical (unpaired) electrons. The van der Waals surface area contributed by atoms with E-state index in [2.05, 4.69) is 20.0 Å². The van der Waals surface area contributed by atoms with Crippen molar-refractivity contribution < 1.29 is 9.21 Å². The van der Waals surface area contributed by atoms with Gasteiger partial charge in [-0.05, 0) is 37.0 Å². The van der Waals surface area contributed by atoms with Gasteiger partial charge in [0.1, 0.15) is 0 Å². The molecule has 2 N–H and O–H groups in total. The van der Waals surface area contributed by atoms with Crippen LogP contribution in [0.2, 0.25) is 0 Å². The molecule has 0 bridgehead atoms. The molecule has 7 heteroatoms. The summed E-state index contributed by atoms with van der Waals surface area (Å²) < 4.78 is 9.89. The Balaban J connectivity index is 1.41. The standard InChI is InChI=1S/C18H18N4O2S/c23-18(16-17(24-11-21-16)14-7-4-8-19-14)20-10-13-9-15(22-25-13)12-5-2-1-3-6-12/h1-3,5-6,9,11,14,19H,4,7-8,10H2,(H,20,23). The molecular weight excluding hydrogens is 336 g/mol. The van der Waals surface area contributed by atoms with Crippen molar-refractivity contribution in [2.75, 3.05) is 6.54 Å². The molecule has 1 saturated heterocycles. The Hall–Kier alpha value is -2.51. The van der Waals surface area contributed by atoms with Crippen molar-refractivity contribution >= 4 is 17.4 Å². The molecule has 2 aromatic heterocycles. The highest BCUT2D eigenvalue weighted by molar-refractivity contribution is 7.06. The molecule has 3 heterocycles. The summed E-state index contributed by atoms with van der Waals surface area (Å²) in [5, 5.41) is 6.24. The van der Waals surface area contributed by atoms with Crippen LogP contribution in [0.4, 0.5) is 0 Å². The van der Waals surface area contributed by atoms with E-state index in [1.165, 1.54) is 17.9 Å². The minimum absolute atomic E-state index is 0.0799. The van der Waals surface area contributed by atoms with Gasteiger partial charge < -0.3 is 15.1 Å². The number of carbonyl (C=O) groups is 1. The van der Waals surface area contributed by atoms with E-state index in [-0.39, 0.29) is 11.9 Å². The average molecular weight is 354 g/mol. The fourth-order valence-corrected chi connectivity index (χ4v) is 3.65. The van der Waals surface area contributed by atoms with Crippen molar-refractivity contribution in [1.82, 2.24) is 20.0 Å². The topological polar surface area (TPSA) is 80.1 Å². The number of oxazole rings is 1. The van der Waals surface area contributed by atoms with Gasteiger partial charge >= 0.3 is 0 Å². The van der Waals surface area contributed by atoms with E-state index in [9.17, 15) is 4.79 Å². The van der Waals surface area contributed by atoms with Gasteiger partial charge in [-0.3, -0.25) is 4.79 Å². The lowest BCUT2D eigenvalue weighted by atomic mass is 10.1. The summed E-state index contributed by atoms with van der Waals surface area (Å²) in [6.45, 7) is 1.36. The van der Waals surface area contributed by atoms with Gasteiger partial charge in [-0.15, -0.1) is 0 Å². The van der Waals surface area contributed by atoms with Crippen LogP contribution in [-0.2, 0) is 6.54 Å². The van der Waals surface area contributed by atoms with E-state index in [1.807, 2.05) is 36.4 Å². The van der Waals surface area contributed by atoms with Gasteiger partial charge in [0.2, 0.25) is 0 Å². The summed E-state index contributed by atoms with van der Waals surface area (Å²) in [7, 11) is 0. The minimum atomic E-state index is -0.216. The summed E-state index contributed by atoms with van der Waals surface area (Å²) in [6, 6.07) is 12.1. The van der Waals surface area contributed by atoms with Crippen molar-refractivity contribution in [2.24, 2.45) is 0 Å². The van der Waals surface area contributed by atoms with E-state index in [0.29, 0.717) is 18.0 Å². The Bertz CT molecular complexity index is 853. The highest BCUT2D eigenvalue weighted by atomic mass is 32.1. The Kier molecular flexibility index (Phi) is 4.58. The van der Waals surface area contributed by atoms with Gasteiger partial charge in [-0.25, -0.2) is 4.98 Å². The Morgan fingerprint density at radius 1 is 1.36 bits per heavy atom. The van der Waals surface area contributed by atoms with Crippen LogP contribution in [0.15, 0.2) is 47.2 Å². The van der Waals surface area contributed by atoms with Crippen molar-refractivity contribution in [1.29, 1.82) is 0 Å². The zero-order valence-electron chi connectivity index (χ0n) is 13.6. The molecule has 0 aliphatic carbocycles. The van der Waals surface area contributed by atoms with Crippen LogP contribution in [-0.4, -0.2) is 21.8 Å². The molecule has 3 aromatic rings. The fraction of sp³-hybridized carbons (Fsp3) is 0.278. The highest BCUT2D eigenvalue weighted by Gasteiger charge is 2.26. The van der Waals surface area contributed by atoms with E-state index in [1.54, 1.807) is 0 Å². The second-order valence-corrected chi connectivity index (χ2v) is 6.83. The molecule has 6 nitrogen and oxygen atoms in total. The number of aromatic nitrogens is 2. The molecule has 0 saturated carbocycles. The first-order chi connectivity index (χ1) is 12.3. The summed E-state index contributed by atoms with van der Waals surface area (Å²) in [5.41, 5.74) is 2.36. The summed E-state index contributed by atoms with van der Waals surface area (Å²) in [6.07, 6.45) is 3.38. The van der Waals surface area contributed by atoms with Crippen LogP contribution in [0.5, 0.6) is 0 Å². The molecule has 1 amide bonds. The lowest BCUT2D eigenvalue weighted by molar-refractivity contribution is 0.0944. The predicted molar refractivity (Wildman–Crippen MR) is 95.2 cm³/mol. The zero-order chi connectivity index (χ0) is 17.1. The second kappa shape index (κ2) is 7.16. The van der Waals surface area contributed by atoms with Crippen molar-refractivity contribution in [3.05, 3.63) is 59.1 Å². The molecule has 4 rings (SSSR count). The first-order valence-electron chi connectivity index (χ1n) is 8.27. The summed E-state index contributed by atoms with van der Waals surface area (Å²) in [4.78, 5) is 17.5. The molecule has 1 aliphatic rings. The van der Waals surface area contributed by atoms with Crippen molar-refractivity contribution in [2.45, 2.75) is 25.4 Å². The normalized spacial score (nSPS) is 16.9. The van der Waals surface area contributed by atoms with Gasteiger partial charge in [-0.1, -0.05) is 30.3 Å². The SMILES string of the molecule is O=C(NCc1cc(-c2ccccc2)ns1)c1ncoc1C1CCCN1. The Morgan fingerprint density at radius 2 is 2.24 bits per heavy atom. The zero-order valence-corrected chi connectivity index (χ0v) is 14.4. The lowest BCUT2D eigenvalue weighted by Crippen LogP contribution is -2.25. The van der Waals surface area contributed by atoms with Gasteiger partial charge in [-0.2, -0.15) is 4.37 Å². The maximum Gasteiger partial charge on any atom is 0.273 e. The molecule has 1 aromatic carbocycles. The molecule has 25 heavy (non-hydrogen) atoms. The van der Waals surface area contributed by atoms with Crippen LogP contribution < -0.4 is 10.6 Å². The lowest BCUT2D eigenvalue weighted by Gasteiger charge is -2.08. The quantitative estimate of drug-likeness (QED) is 0.736. The van der Waals surface area contributed by atoms with Gasteiger partial charge in [0.25, 0.3) is 5.91 Å². The number of hydrogen-bond acceptors (Lipinski definition) is 6. The van der Waals surface area contributed by atoms with Crippen LogP contribution >= 0.6 is 11.5 Å². The van der Waals surface area contributed by atoms with E-state index in [4.69, 9.17) is 4.42 Å². The predicted octanol–water partition coefficient (Wildman–Crippen LogP) is 3.15. The third kappa shape index (κ3) is 3.47. The largest absolute Gasteiger partial charge is 0.446 e. The maximum atomic E-state index is 12.5. The number of nitrogens with one attached hydrogen (secondary N) is 2. The van der Waals surface area contributed by atoms with Gasteiger partial charge in [0, 0.05) is 10.4 Å². The van der Waals surface area contributed by atoms with Crippen molar-refractivity contribution in [3.63, 3.8) is 0 Å². The Labute approximate surface area is 149 Å². The van der Waals surface area contributed by atoms with E-state index < -0.39 is 0 Å². The molecule has 1 fully saturated rings. The minimum Gasteiger partial charge on any atom is -0.446 e. The van der Waals surface area contributed by atoms with E-state index >= 15 is 0 Å². The first kappa shape index (κ1) is 16.0. The molecule has 1 unspecified atom stereocenters. The first-order valence-corrected chi connectivity index (χ1v) is 9.04. The molecule has 128 valence electrons. The third-order valence-corrected chi connectivity index (χ3v) is 5.02. The average Bonchev–Trinajstić information content (AvgIpc) is 3.41. The number of benzene rings is 1. The summed E-state index contributed by atoms with van der Waals surface area (Å²) >= 11 is 1.39.